The number of nitrogens with one attached hydrogen (secondary N) is 1. The van der Waals surface area contributed by atoms with Crippen molar-refractivity contribution in [2.45, 2.75) is 63.7 Å². The van der Waals surface area contributed by atoms with E-state index < -0.39 is 5.60 Å². The molecule has 2 aliphatic rings. The van der Waals surface area contributed by atoms with Gasteiger partial charge in [-0.25, -0.2) is 4.52 Å². The molecule has 41 heavy (non-hydrogen) atoms. The first-order chi connectivity index (χ1) is 19.7. The summed E-state index contributed by atoms with van der Waals surface area (Å²) in [5.41, 5.74) is 3.82. The van der Waals surface area contributed by atoms with E-state index in [-0.39, 0.29) is 36.5 Å². The number of hydrogen-bond acceptors (Lipinski definition) is 6. The Morgan fingerprint density at radius 3 is 2.59 bits per heavy atom. The van der Waals surface area contributed by atoms with Crippen LogP contribution in [0.25, 0.3) is 16.6 Å². The summed E-state index contributed by atoms with van der Waals surface area (Å²) in [7, 11) is 0. The lowest BCUT2D eigenvalue weighted by Crippen LogP contribution is -2.58. The van der Waals surface area contributed by atoms with Crippen molar-refractivity contribution in [2.24, 2.45) is 5.41 Å². The molecule has 0 saturated heterocycles. The molecule has 2 aromatic carbocycles. The number of carbonyl (C=O) groups excluding carboxylic acids is 1. The summed E-state index contributed by atoms with van der Waals surface area (Å²) in [6.45, 7) is 3.56. The molecule has 2 aliphatic carbocycles. The number of ether oxygens (including phenoxy) is 2. The predicted octanol–water partition coefficient (Wildman–Crippen LogP) is 5.07. The molecule has 0 bridgehead atoms. The van der Waals surface area contributed by atoms with Crippen LogP contribution in [-0.2, 0) is 11.2 Å². The van der Waals surface area contributed by atoms with Crippen LogP contribution < -0.4 is 14.8 Å². The maximum atomic E-state index is 12.8. The van der Waals surface area contributed by atoms with Crippen LogP contribution in [0.5, 0.6) is 11.5 Å². The first-order valence-corrected chi connectivity index (χ1v) is 14.1. The normalized spacial score (nSPS) is 21.5. The van der Waals surface area contributed by atoms with Gasteiger partial charge in [0.05, 0.1) is 47.7 Å². The average molecular weight is 551 g/mol. The van der Waals surface area contributed by atoms with Crippen LogP contribution in [0.4, 0.5) is 0 Å². The summed E-state index contributed by atoms with van der Waals surface area (Å²) in [6.07, 6.45) is 7.97. The van der Waals surface area contributed by atoms with Crippen molar-refractivity contribution in [2.75, 3.05) is 6.61 Å². The molecule has 1 spiro atoms. The van der Waals surface area contributed by atoms with Gasteiger partial charge >= 0.3 is 0 Å². The minimum atomic E-state index is -0.920. The highest BCUT2D eigenvalue weighted by Crippen LogP contribution is 2.56. The molecule has 1 amide bonds. The maximum Gasteiger partial charge on any atom is 0.224 e. The van der Waals surface area contributed by atoms with E-state index in [1.165, 1.54) is 0 Å². The fourth-order valence-corrected chi connectivity index (χ4v) is 6.05. The van der Waals surface area contributed by atoms with Crippen LogP contribution in [0, 0.1) is 16.7 Å². The highest BCUT2D eigenvalue weighted by atomic mass is 16.5. The highest BCUT2D eigenvalue weighted by Gasteiger charge is 2.54. The monoisotopic (exact) mass is 550 g/mol. The molecule has 2 heterocycles. The molecule has 8 heteroatoms. The van der Waals surface area contributed by atoms with E-state index in [2.05, 4.69) is 16.5 Å². The molecule has 2 saturated carbocycles. The largest absolute Gasteiger partial charge is 0.490 e. The molecule has 2 fully saturated rings. The van der Waals surface area contributed by atoms with Gasteiger partial charge < -0.3 is 19.9 Å². The van der Waals surface area contributed by atoms with Crippen LogP contribution in [0.15, 0.2) is 73.1 Å². The van der Waals surface area contributed by atoms with E-state index in [4.69, 9.17) is 14.7 Å². The third-order valence-corrected chi connectivity index (χ3v) is 8.04. The first kappa shape index (κ1) is 26.9. The molecule has 4 aromatic rings. The van der Waals surface area contributed by atoms with Crippen molar-refractivity contribution >= 4 is 11.4 Å². The fraction of sp³-hybridized carbons (Fsp3) is 0.364. The van der Waals surface area contributed by atoms with E-state index in [1.807, 2.05) is 54.6 Å². The van der Waals surface area contributed by atoms with Crippen LogP contribution in [0.2, 0.25) is 0 Å². The Labute approximate surface area is 239 Å². The lowest BCUT2D eigenvalue weighted by atomic mass is 9.53. The van der Waals surface area contributed by atoms with E-state index in [1.54, 1.807) is 36.8 Å². The minimum Gasteiger partial charge on any atom is -0.490 e. The molecule has 2 aromatic heterocycles. The van der Waals surface area contributed by atoms with Gasteiger partial charge in [0, 0.05) is 11.6 Å². The molecular weight excluding hydrogens is 516 g/mol. The summed E-state index contributed by atoms with van der Waals surface area (Å²) in [6, 6.07) is 21.8. The number of pyridine rings is 1. The number of aliphatic hydroxyl groups is 1. The van der Waals surface area contributed by atoms with Crippen LogP contribution in [0.3, 0.4) is 0 Å². The zero-order chi connectivity index (χ0) is 28.6. The van der Waals surface area contributed by atoms with Gasteiger partial charge in [-0.2, -0.15) is 10.4 Å². The summed E-state index contributed by atoms with van der Waals surface area (Å²) < 4.78 is 13.6. The predicted molar refractivity (Wildman–Crippen MR) is 155 cm³/mol. The SMILES string of the molecule is CC(C)(O)COc1ccc2c(CC(=O)NC3CC4(C3)CC(Oc3ccc(-c5cccc(C#N)c5)cc3)C4)cnn2c1. The minimum absolute atomic E-state index is 0.00891. The van der Waals surface area contributed by atoms with Gasteiger partial charge in [0.1, 0.15) is 18.1 Å². The second-order valence-electron chi connectivity index (χ2n) is 12.2. The second-order valence-corrected chi connectivity index (χ2v) is 12.2. The summed E-state index contributed by atoms with van der Waals surface area (Å²) in [4.78, 5) is 12.8. The second kappa shape index (κ2) is 10.6. The van der Waals surface area contributed by atoms with Crippen molar-refractivity contribution in [3.05, 3.63) is 84.2 Å². The quantitative estimate of drug-likeness (QED) is 0.301. The Morgan fingerprint density at radius 2 is 1.85 bits per heavy atom. The Bertz CT molecular complexity index is 1600. The van der Waals surface area contributed by atoms with Crippen molar-refractivity contribution in [1.82, 2.24) is 14.9 Å². The lowest BCUT2D eigenvalue weighted by molar-refractivity contribution is -0.126. The molecule has 210 valence electrons. The number of rotatable bonds is 9. The van der Waals surface area contributed by atoms with Gasteiger partial charge in [-0.15, -0.1) is 0 Å². The Kier molecular flexibility index (Phi) is 6.92. The van der Waals surface area contributed by atoms with Crippen molar-refractivity contribution in [3.8, 4) is 28.7 Å². The first-order valence-electron chi connectivity index (χ1n) is 14.1. The van der Waals surface area contributed by atoms with E-state index in [0.29, 0.717) is 11.3 Å². The van der Waals surface area contributed by atoms with Gasteiger partial charge in [-0.05, 0) is 92.5 Å². The molecule has 0 unspecified atom stereocenters. The standard InChI is InChI=1S/C33H34N4O4/c1-32(2,39)21-40-28-10-11-30-25(19-35-37(30)20-28)13-31(38)36-26-14-33(15-26)16-29(17-33)41-27-8-6-23(7-9-27)24-5-3-4-22(12-24)18-34/h3-12,19-20,26,29,39H,13-17,21H2,1-2H3,(H,36,38). The van der Waals surface area contributed by atoms with Gasteiger partial charge in [-0.1, -0.05) is 24.3 Å². The van der Waals surface area contributed by atoms with Crippen molar-refractivity contribution in [1.29, 1.82) is 5.26 Å². The number of fused-ring (bicyclic) bond motifs is 1. The Balaban J connectivity index is 0.946. The fourth-order valence-electron chi connectivity index (χ4n) is 6.05. The van der Waals surface area contributed by atoms with Crippen molar-refractivity contribution < 1.29 is 19.4 Å². The van der Waals surface area contributed by atoms with E-state index >= 15 is 0 Å². The maximum absolute atomic E-state index is 12.8. The third-order valence-electron chi connectivity index (χ3n) is 8.04. The van der Waals surface area contributed by atoms with Gasteiger partial charge in [0.25, 0.3) is 0 Å². The van der Waals surface area contributed by atoms with Gasteiger partial charge in [0.15, 0.2) is 0 Å². The third kappa shape index (κ3) is 6.06. The molecule has 6 rings (SSSR count). The zero-order valence-electron chi connectivity index (χ0n) is 23.3. The molecular formula is C33H34N4O4. The van der Waals surface area contributed by atoms with Crippen LogP contribution in [-0.4, -0.2) is 45.0 Å². The van der Waals surface area contributed by atoms with Gasteiger partial charge in [-0.3, -0.25) is 4.79 Å². The number of aromatic nitrogens is 2. The summed E-state index contributed by atoms with van der Waals surface area (Å²) in [5, 5.41) is 26.6. The molecule has 2 N–H and O–H groups in total. The molecule has 8 nitrogen and oxygen atoms in total. The number of nitriles is 1. The number of hydrogen-bond donors (Lipinski definition) is 2. The van der Waals surface area contributed by atoms with Crippen LogP contribution in [0.1, 0.15) is 50.7 Å². The molecule has 0 aliphatic heterocycles. The molecule has 0 radical (unpaired) electrons. The Hall–Kier alpha value is -4.35. The summed E-state index contributed by atoms with van der Waals surface area (Å²) >= 11 is 0. The lowest BCUT2D eigenvalue weighted by Gasteiger charge is -2.57. The van der Waals surface area contributed by atoms with Gasteiger partial charge in [0.2, 0.25) is 5.91 Å². The Morgan fingerprint density at radius 1 is 1.10 bits per heavy atom. The molecule has 0 atom stereocenters. The highest BCUT2D eigenvalue weighted by molar-refractivity contribution is 5.81. The average Bonchev–Trinajstić information content (AvgIpc) is 3.31. The van der Waals surface area contributed by atoms with E-state index in [9.17, 15) is 9.90 Å². The number of carbonyl (C=O) groups is 1. The van der Waals surface area contributed by atoms with E-state index in [0.717, 1.165) is 53.6 Å². The summed E-state index contributed by atoms with van der Waals surface area (Å²) in [5.74, 6) is 1.48. The number of benzene rings is 2. The number of nitrogens with zero attached hydrogens (tertiary/aromatic N) is 3. The number of amides is 1. The van der Waals surface area contributed by atoms with Crippen molar-refractivity contribution in [3.63, 3.8) is 0 Å². The van der Waals surface area contributed by atoms with Crippen LogP contribution >= 0.6 is 0 Å². The zero-order valence-corrected chi connectivity index (χ0v) is 23.3. The topological polar surface area (TPSA) is 109 Å². The smallest absolute Gasteiger partial charge is 0.224 e.